The van der Waals surface area contributed by atoms with Crippen molar-refractivity contribution in [2.24, 2.45) is 11.8 Å². The zero-order valence-electron chi connectivity index (χ0n) is 13.7. The molecule has 0 radical (unpaired) electrons. The van der Waals surface area contributed by atoms with Crippen molar-refractivity contribution in [3.05, 3.63) is 12.2 Å². The zero-order valence-corrected chi connectivity index (χ0v) is 13.7. The Morgan fingerprint density at radius 1 is 1.09 bits per heavy atom. The second-order valence-electron chi connectivity index (χ2n) is 7.15. The molecule has 0 bridgehead atoms. The van der Waals surface area contributed by atoms with E-state index in [1.54, 1.807) is 6.08 Å². The van der Waals surface area contributed by atoms with E-state index in [1.165, 1.54) is 12.5 Å². The molecule has 1 aliphatic heterocycles. The maximum Gasteiger partial charge on any atom is 0.330 e. The summed E-state index contributed by atoms with van der Waals surface area (Å²) in [5.41, 5.74) is 0. The molecule has 2 aliphatic carbocycles. The van der Waals surface area contributed by atoms with E-state index in [2.05, 4.69) is 0 Å². The molecule has 130 valence electrons. The molecule has 3 rings (SSSR count). The monoisotopic (exact) mass is 324 g/mol. The number of ether oxygens (including phenoxy) is 3. The second kappa shape index (κ2) is 8.27. The highest BCUT2D eigenvalue weighted by Gasteiger charge is 2.43. The van der Waals surface area contributed by atoms with Gasteiger partial charge < -0.3 is 19.3 Å². The topological polar surface area (TPSA) is 68.3 Å². The molecule has 0 aromatic carbocycles. The standard InChI is InChI=1S/C18H28O5/c19-15-4-1-3-13(9-15)12-22-18(20)5-2-8-21-11-14-6-7-16-17(10-14)23-16/h2,5,13-17,19H,1,3-4,6-12H2/b5-2+. The second-order valence-corrected chi connectivity index (χ2v) is 7.15. The average molecular weight is 324 g/mol. The van der Waals surface area contributed by atoms with Crippen LogP contribution in [-0.4, -0.2) is 49.2 Å². The van der Waals surface area contributed by atoms with E-state index >= 15 is 0 Å². The predicted molar refractivity (Wildman–Crippen MR) is 84.9 cm³/mol. The van der Waals surface area contributed by atoms with Crippen LogP contribution in [0.5, 0.6) is 0 Å². The van der Waals surface area contributed by atoms with Gasteiger partial charge in [0.05, 0.1) is 31.5 Å². The molecule has 5 unspecified atom stereocenters. The van der Waals surface area contributed by atoms with Crippen molar-refractivity contribution in [3.63, 3.8) is 0 Å². The van der Waals surface area contributed by atoms with Gasteiger partial charge in [-0.2, -0.15) is 0 Å². The third kappa shape index (κ3) is 5.59. The van der Waals surface area contributed by atoms with Gasteiger partial charge in [-0.05, 0) is 50.4 Å². The number of esters is 1. The van der Waals surface area contributed by atoms with E-state index in [-0.39, 0.29) is 12.1 Å². The number of hydrogen-bond acceptors (Lipinski definition) is 5. The van der Waals surface area contributed by atoms with E-state index in [9.17, 15) is 9.90 Å². The minimum Gasteiger partial charge on any atom is -0.462 e. The van der Waals surface area contributed by atoms with Crippen LogP contribution in [-0.2, 0) is 19.0 Å². The molecule has 2 saturated carbocycles. The third-order valence-electron chi connectivity index (χ3n) is 5.15. The Morgan fingerprint density at radius 3 is 2.78 bits per heavy atom. The normalized spacial score (nSPS) is 36.7. The van der Waals surface area contributed by atoms with Gasteiger partial charge >= 0.3 is 5.97 Å². The van der Waals surface area contributed by atoms with Crippen LogP contribution >= 0.6 is 0 Å². The van der Waals surface area contributed by atoms with Crippen molar-refractivity contribution >= 4 is 5.97 Å². The summed E-state index contributed by atoms with van der Waals surface area (Å²) in [7, 11) is 0. The van der Waals surface area contributed by atoms with Crippen LogP contribution in [0.3, 0.4) is 0 Å². The van der Waals surface area contributed by atoms with Gasteiger partial charge in [0.15, 0.2) is 0 Å². The lowest BCUT2D eigenvalue weighted by Crippen LogP contribution is -2.23. The number of aliphatic hydroxyl groups is 1. The molecule has 5 heteroatoms. The molecule has 0 spiro atoms. The number of aliphatic hydroxyl groups excluding tert-OH is 1. The molecule has 1 heterocycles. The summed E-state index contributed by atoms with van der Waals surface area (Å²) in [5, 5.41) is 9.59. The zero-order chi connectivity index (χ0) is 16.1. The SMILES string of the molecule is O=C(/C=C/COCC1CCC2OC2C1)OCC1CCCC(O)C1. The third-order valence-corrected chi connectivity index (χ3v) is 5.15. The first kappa shape index (κ1) is 16.9. The van der Waals surface area contributed by atoms with Crippen LogP contribution in [0, 0.1) is 11.8 Å². The molecule has 3 fully saturated rings. The van der Waals surface area contributed by atoms with E-state index in [4.69, 9.17) is 14.2 Å². The molecule has 1 saturated heterocycles. The summed E-state index contributed by atoms with van der Waals surface area (Å²) in [5.74, 6) is 0.574. The van der Waals surface area contributed by atoms with Crippen LogP contribution < -0.4 is 0 Å². The van der Waals surface area contributed by atoms with Crippen molar-refractivity contribution in [2.75, 3.05) is 19.8 Å². The van der Waals surface area contributed by atoms with Crippen molar-refractivity contribution in [1.29, 1.82) is 0 Å². The highest BCUT2D eigenvalue weighted by Crippen LogP contribution is 2.39. The van der Waals surface area contributed by atoms with Crippen LogP contribution in [0.2, 0.25) is 0 Å². The number of fused-ring (bicyclic) bond motifs is 1. The Labute approximate surface area is 138 Å². The molecule has 5 atom stereocenters. The quantitative estimate of drug-likeness (QED) is 0.337. The highest BCUT2D eigenvalue weighted by atomic mass is 16.6. The number of rotatable bonds is 7. The largest absolute Gasteiger partial charge is 0.462 e. The fraction of sp³-hybridized carbons (Fsp3) is 0.833. The molecule has 23 heavy (non-hydrogen) atoms. The van der Waals surface area contributed by atoms with Crippen molar-refractivity contribution in [3.8, 4) is 0 Å². The van der Waals surface area contributed by atoms with Gasteiger partial charge in [-0.3, -0.25) is 0 Å². The van der Waals surface area contributed by atoms with Gasteiger partial charge in [0, 0.05) is 12.7 Å². The van der Waals surface area contributed by atoms with E-state index in [0.717, 1.165) is 45.1 Å². The molecule has 1 N–H and O–H groups in total. The van der Waals surface area contributed by atoms with Crippen LogP contribution in [0.15, 0.2) is 12.2 Å². The predicted octanol–water partition coefficient (Wildman–Crippen LogP) is 2.22. The number of carbonyl (C=O) groups excluding carboxylic acids is 1. The average Bonchev–Trinajstić information content (AvgIpc) is 3.31. The summed E-state index contributed by atoms with van der Waals surface area (Å²) in [6.07, 6.45) is 11.1. The summed E-state index contributed by atoms with van der Waals surface area (Å²) < 4.78 is 16.4. The lowest BCUT2D eigenvalue weighted by molar-refractivity contribution is -0.139. The summed E-state index contributed by atoms with van der Waals surface area (Å²) in [4.78, 5) is 11.6. The summed E-state index contributed by atoms with van der Waals surface area (Å²) in [6, 6.07) is 0. The highest BCUT2D eigenvalue weighted by molar-refractivity contribution is 5.81. The van der Waals surface area contributed by atoms with Gasteiger partial charge in [-0.25, -0.2) is 4.79 Å². The van der Waals surface area contributed by atoms with Gasteiger partial charge in [-0.15, -0.1) is 0 Å². The van der Waals surface area contributed by atoms with Gasteiger partial charge in [0.2, 0.25) is 0 Å². The molecule has 3 aliphatic rings. The first-order valence-electron chi connectivity index (χ1n) is 8.95. The smallest absolute Gasteiger partial charge is 0.330 e. The Balaban J connectivity index is 1.22. The maximum atomic E-state index is 11.6. The van der Waals surface area contributed by atoms with Gasteiger partial charge in [0.1, 0.15) is 0 Å². The minimum atomic E-state index is -0.319. The Hall–Kier alpha value is -0.910. The first-order valence-corrected chi connectivity index (χ1v) is 8.95. The number of epoxide rings is 1. The van der Waals surface area contributed by atoms with Crippen LogP contribution in [0.25, 0.3) is 0 Å². The first-order chi connectivity index (χ1) is 11.2. The lowest BCUT2D eigenvalue weighted by Gasteiger charge is -2.25. The Kier molecular flexibility index (Phi) is 6.08. The Bertz CT molecular complexity index is 422. The van der Waals surface area contributed by atoms with Gasteiger partial charge in [-0.1, -0.05) is 12.5 Å². The van der Waals surface area contributed by atoms with Crippen molar-refractivity contribution in [1.82, 2.24) is 0 Å². The summed E-state index contributed by atoms with van der Waals surface area (Å²) >= 11 is 0. The number of hydrogen-bond donors (Lipinski definition) is 1. The molecular weight excluding hydrogens is 296 g/mol. The molecular formula is C18H28O5. The van der Waals surface area contributed by atoms with Crippen LogP contribution in [0.4, 0.5) is 0 Å². The maximum absolute atomic E-state index is 11.6. The Morgan fingerprint density at radius 2 is 1.96 bits per heavy atom. The van der Waals surface area contributed by atoms with E-state index < -0.39 is 0 Å². The van der Waals surface area contributed by atoms with Crippen molar-refractivity contribution in [2.45, 2.75) is 63.3 Å². The van der Waals surface area contributed by atoms with Crippen LogP contribution in [0.1, 0.15) is 44.9 Å². The summed E-state index contributed by atoms with van der Waals surface area (Å²) in [6.45, 7) is 1.60. The molecule has 0 aromatic rings. The fourth-order valence-corrected chi connectivity index (χ4v) is 3.75. The number of carbonyl (C=O) groups is 1. The van der Waals surface area contributed by atoms with E-state index in [1.807, 2.05) is 0 Å². The minimum absolute atomic E-state index is 0.229. The fourth-order valence-electron chi connectivity index (χ4n) is 3.75. The van der Waals surface area contributed by atoms with E-state index in [0.29, 0.717) is 37.3 Å². The molecule has 0 aromatic heterocycles. The van der Waals surface area contributed by atoms with Gasteiger partial charge in [0.25, 0.3) is 0 Å². The molecule has 5 nitrogen and oxygen atoms in total. The lowest BCUT2D eigenvalue weighted by atomic mass is 9.88. The molecule has 0 amide bonds. The van der Waals surface area contributed by atoms with Crippen molar-refractivity contribution < 1.29 is 24.1 Å².